The summed E-state index contributed by atoms with van der Waals surface area (Å²) in [7, 11) is 0. The predicted molar refractivity (Wildman–Crippen MR) is 82.6 cm³/mol. The van der Waals surface area contributed by atoms with Gasteiger partial charge in [0.1, 0.15) is 5.75 Å². The molecule has 0 aliphatic carbocycles. The van der Waals surface area contributed by atoms with E-state index in [1.165, 1.54) is 5.56 Å². The second-order valence-corrected chi connectivity index (χ2v) is 5.14. The van der Waals surface area contributed by atoms with Gasteiger partial charge in [-0.05, 0) is 38.1 Å². The van der Waals surface area contributed by atoms with Crippen LogP contribution in [0.15, 0.2) is 30.3 Å². The van der Waals surface area contributed by atoms with Crippen molar-refractivity contribution in [2.24, 2.45) is 0 Å². The molecule has 2 rings (SSSR count). The summed E-state index contributed by atoms with van der Waals surface area (Å²) in [4.78, 5) is 4.45. The largest absolute Gasteiger partial charge is 0.439 e. The van der Waals surface area contributed by atoms with E-state index in [0.717, 1.165) is 23.6 Å². The van der Waals surface area contributed by atoms with E-state index in [0.29, 0.717) is 17.4 Å². The Balaban J connectivity index is 2.20. The number of hydrogen-bond donors (Lipinski definition) is 1. The topological polar surface area (TPSA) is 34.2 Å². The van der Waals surface area contributed by atoms with Gasteiger partial charge in [0, 0.05) is 12.6 Å². The molecule has 0 saturated carbocycles. The molecule has 1 aromatic carbocycles. The summed E-state index contributed by atoms with van der Waals surface area (Å²) in [6, 6.07) is 9.69. The Hall–Kier alpha value is -1.58. The van der Waals surface area contributed by atoms with E-state index in [1.807, 2.05) is 32.0 Å². The summed E-state index contributed by atoms with van der Waals surface area (Å²) in [6.45, 7) is 7.65. The lowest BCUT2D eigenvalue weighted by Crippen LogP contribution is -2.13. The average molecular weight is 291 g/mol. The summed E-state index contributed by atoms with van der Waals surface area (Å²) < 4.78 is 5.84. The fraction of sp³-hybridized carbons (Fsp3) is 0.312. The minimum absolute atomic E-state index is 0.564. The third kappa shape index (κ3) is 3.71. The lowest BCUT2D eigenvalue weighted by atomic mass is 10.1. The molecule has 0 saturated heterocycles. The van der Waals surface area contributed by atoms with Crippen molar-refractivity contribution in [3.63, 3.8) is 0 Å². The molecular weight excluding hydrogens is 272 g/mol. The maximum absolute atomic E-state index is 6.13. The van der Waals surface area contributed by atoms with Crippen LogP contribution in [0.2, 0.25) is 5.02 Å². The van der Waals surface area contributed by atoms with Crippen molar-refractivity contribution in [3.05, 3.63) is 52.2 Å². The van der Waals surface area contributed by atoms with Crippen molar-refractivity contribution in [2.75, 3.05) is 6.54 Å². The molecule has 1 N–H and O–H groups in total. The number of pyridine rings is 1. The Morgan fingerprint density at radius 3 is 2.70 bits per heavy atom. The van der Waals surface area contributed by atoms with Crippen LogP contribution < -0.4 is 10.1 Å². The van der Waals surface area contributed by atoms with E-state index in [2.05, 4.69) is 23.3 Å². The summed E-state index contributed by atoms with van der Waals surface area (Å²) in [5, 5.41) is 3.86. The number of aryl methyl sites for hydroxylation is 2. The third-order valence-electron chi connectivity index (χ3n) is 2.98. The van der Waals surface area contributed by atoms with Gasteiger partial charge in [-0.15, -0.1) is 0 Å². The number of aromatic nitrogens is 1. The van der Waals surface area contributed by atoms with Crippen LogP contribution in [-0.2, 0) is 6.54 Å². The Labute approximate surface area is 124 Å². The molecule has 4 heteroatoms. The van der Waals surface area contributed by atoms with E-state index < -0.39 is 0 Å². The van der Waals surface area contributed by atoms with Crippen LogP contribution in [0.25, 0.3) is 0 Å². The monoisotopic (exact) mass is 290 g/mol. The molecule has 2 aromatic rings. The molecule has 0 bridgehead atoms. The fourth-order valence-electron chi connectivity index (χ4n) is 1.92. The van der Waals surface area contributed by atoms with Crippen molar-refractivity contribution in [2.45, 2.75) is 27.3 Å². The molecule has 0 amide bonds. The zero-order valence-electron chi connectivity index (χ0n) is 12.0. The second-order valence-electron chi connectivity index (χ2n) is 4.73. The van der Waals surface area contributed by atoms with E-state index in [4.69, 9.17) is 16.3 Å². The molecule has 0 radical (unpaired) electrons. The molecule has 106 valence electrons. The highest BCUT2D eigenvalue weighted by Gasteiger charge is 2.07. The summed E-state index contributed by atoms with van der Waals surface area (Å²) in [6.07, 6.45) is 0. The minimum Gasteiger partial charge on any atom is -0.439 e. The van der Waals surface area contributed by atoms with Crippen molar-refractivity contribution in [1.82, 2.24) is 10.3 Å². The van der Waals surface area contributed by atoms with Gasteiger partial charge in [-0.25, -0.2) is 4.98 Å². The molecule has 0 atom stereocenters. The maximum atomic E-state index is 6.13. The van der Waals surface area contributed by atoms with Crippen LogP contribution in [0.5, 0.6) is 11.6 Å². The van der Waals surface area contributed by atoms with Gasteiger partial charge in [0.25, 0.3) is 0 Å². The molecule has 0 aliphatic rings. The van der Waals surface area contributed by atoms with E-state index >= 15 is 0 Å². The predicted octanol–water partition coefficient (Wildman–Crippen LogP) is 4.25. The molecule has 1 aromatic heterocycles. The van der Waals surface area contributed by atoms with Gasteiger partial charge < -0.3 is 10.1 Å². The quantitative estimate of drug-likeness (QED) is 0.894. The maximum Gasteiger partial charge on any atom is 0.219 e. The van der Waals surface area contributed by atoms with Gasteiger partial charge in [-0.3, -0.25) is 0 Å². The zero-order chi connectivity index (χ0) is 14.5. The summed E-state index contributed by atoms with van der Waals surface area (Å²) in [5.41, 5.74) is 3.11. The van der Waals surface area contributed by atoms with Crippen LogP contribution in [0.4, 0.5) is 0 Å². The summed E-state index contributed by atoms with van der Waals surface area (Å²) in [5.74, 6) is 1.38. The van der Waals surface area contributed by atoms with Gasteiger partial charge in [0.05, 0.1) is 10.7 Å². The third-order valence-corrected chi connectivity index (χ3v) is 3.32. The lowest BCUT2D eigenvalue weighted by molar-refractivity contribution is 0.456. The molecule has 1 heterocycles. The van der Waals surface area contributed by atoms with Crippen LogP contribution in [0, 0.1) is 13.8 Å². The van der Waals surface area contributed by atoms with Crippen molar-refractivity contribution < 1.29 is 4.74 Å². The van der Waals surface area contributed by atoms with Crippen LogP contribution in [-0.4, -0.2) is 11.5 Å². The highest BCUT2D eigenvalue weighted by atomic mass is 35.5. The second kappa shape index (κ2) is 6.73. The number of ether oxygens (including phenoxy) is 1. The fourth-order valence-corrected chi connectivity index (χ4v) is 2.09. The Bertz CT molecular complexity index is 599. The SMILES string of the molecule is CCNCc1nc(Oc2ccc(C)cc2C)ccc1Cl. The van der Waals surface area contributed by atoms with Gasteiger partial charge >= 0.3 is 0 Å². The number of nitrogens with zero attached hydrogens (tertiary/aromatic N) is 1. The summed E-state index contributed by atoms with van der Waals surface area (Å²) >= 11 is 6.13. The molecule has 0 aliphatic heterocycles. The van der Waals surface area contributed by atoms with Gasteiger partial charge in [0.15, 0.2) is 0 Å². The Kier molecular flexibility index (Phi) is 4.99. The minimum atomic E-state index is 0.564. The number of halogens is 1. The van der Waals surface area contributed by atoms with E-state index in [1.54, 1.807) is 6.07 Å². The standard InChI is InChI=1S/C16H19ClN2O/c1-4-18-10-14-13(17)6-8-16(19-14)20-15-7-5-11(2)9-12(15)3/h5-9,18H,4,10H2,1-3H3. The highest BCUT2D eigenvalue weighted by molar-refractivity contribution is 6.31. The first-order valence-electron chi connectivity index (χ1n) is 6.71. The van der Waals surface area contributed by atoms with Crippen molar-refractivity contribution in [3.8, 4) is 11.6 Å². The first-order valence-corrected chi connectivity index (χ1v) is 7.09. The number of rotatable bonds is 5. The van der Waals surface area contributed by atoms with E-state index in [-0.39, 0.29) is 0 Å². The van der Waals surface area contributed by atoms with Crippen LogP contribution in [0.1, 0.15) is 23.7 Å². The highest BCUT2D eigenvalue weighted by Crippen LogP contribution is 2.26. The molecule has 0 fully saturated rings. The number of nitrogens with one attached hydrogen (secondary N) is 1. The smallest absolute Gasteiger partial charge is 0.219 e. The first-order chi connectivity index (χ1) is 9.60. The molecule has 3 nitrogen and oxygen atoms in total. The molecule has 0 spiro atoms. The van der Waals surface area contributed by atoms with Crippen molar-refractivity contribution in [1.29, 1.82) is 0 Å². The van der Waals surface area contributed by atoms with Crippen LogP contribution >= 0.6 is 11.6 Å². The molecular formula is C16H19ClN2O. The first kappa shape index (κ1) is 14.8. The zero-order valence-corrected chi connectivity index (χ0v) is 12.8. The molecule has 0 unspecified atom stereocenters. The van der Waals surface area contributed by atoms with E-state index in [9.17, 15) is 0 Å². The Morgan fingerprint density at radius 2 is 2.00 bits per heavy atom. The van der Waals surface area contributed by atoms with Crippen LogP contribution in [0.3, 0.4) is 0 Å². The number of benzene rings is 1. The number of hydrogen-bond acceptors (Lipinski definition) is 3. The van der Waals surface area contributed by atoms with Gasteiger partial charge in [0.2, 0.25) is 5.88 Å². The average Bonchev–Trinajstić information content (AvgIpc) is 2.42. The van der Waals surface area contributed by atoms with Gasteiger partial charge in [-0.1, -0.05) is 36.2 Å². The van der Waals surface area contributed by atoms with Crippen molar-refractivity contribution >= 4 is 11.6 Å². The normalized spacial score (nSPS) is 10.6. The lowest BCUT2D eigenvalue weighted by Gasteiger charge is -2.11. The van der Waals surface area contributed by atoms with Gasteiger partial charge in [-0.2, -0.15) is 0 Å². The molecule has 20 heavy (non-hydrogen) atoms. The Morgan fingerprint density at radius 1 is 1.20 bits per heavy atom.